The maximum atomic E-state index is 15.5. The van der Waals surface area contributed by atoms with Crippen molar-refractivity contribution < 1.29 is 14.3 Å². The van der Waals surface area contributed by atoms with Crippen LogP contribution < -0.4 is 11.5 Å². The second-order valence-electron chi connectivity index (χ2n) is 6.44. The molecule has 142 valence electrons. The fourth-order valence-electron chi connectivity index (χ4n) is 3.20. The van der Waals surface area contributed by atoms with E-state index in [4.69, 9.17) is 11.5 Å². The van der Waals surface area contributed by atoms with E-state index in [0.717, 1.165) is 0 Å². The fourth-order valence-corrected chi connectivity index (χ4v) is 3.99. The number of aromatic nitrogens is 1. The minimum Gasteiger partial charge on any atom is -0.507 e. The number of nitrogens with two attached hydrogens (primary N) is 2. The van der Waals surface area contributed by atoms with Gasteiger partial charge in [-0.05, 0) is 40.2 Å². The molecule has 1 aromatic heterocycles. The van der Waals surface area contributed by atoms with E-state index >= 15 is 4.39 Å². The molecule has 0 radical (unpaired) electrons. The van der Waals surface area contributed by atoms with E-state index in [1.165, 1.54) is 17.0 Å². The first kappa shape index (κ1) is 19.0. The van der Waals surface area contributed by atoms with Crippen molar-refractivity contribution in [2.24, 2.45) is 5.73 Å². The highest BCUT2D eigenvalue weighted by Crippen LogP contribution is 2.43. The summed E-state index contributed by atoms with van der Waals surface area (Å²) in [4.78, 5) is 16.0. The number of H-pyrrole nitrogens is 1. The van der Waals surface area contributed by atoms with Crippen LogP contribution in [-0.4, -0.2) is 34.0 Å². The zero-order valence-corrected chi connectivity index (χ0v) is 16.1. The minimum atomic E-state index is -1.76. The van der Waals surface area contributed by atoms with Gasteiger partial charge in [-0.3, -0.25) is 4.79 Å². The summed E-state index contributed by atoms with van der Waals surface area (Å²) in [6.07, 6.45) is 2.88. The normalized spacial score (nSPS) is 20.1. The molecule has 2 aromatic rings. The van der Waals surface area contributed by atoms with E-state index in [1.807, 2.05) is 0 Å². The Morgan fingerprint density at radius 3 is 2.81 bits per heavy atom. The molecule has 1 saturated heterocycles. The fraction of sp³-hybridized carbons (Fsp3) is 0.211. The van der Waals surface area contributed by atoms with Crippen molar-refractivity contribution in [3.05, 3.63) is 58.2 Å². The second kappa shape index (κ2) is 7.11. The number of benzene rings is 1. The molecule has 0 spiro atoms. The first-order valence-electron chi connectivity index (χ1n) is 8.30. The summed E-state index contributed by atoms with van der Waals surface area (Å²) in [5.74, 6) is -0.0390. The van der Waals surface area contributed by atoms with Gasteiger partial charge in [0.1, 0.15) is 11.6 Å². The smallest absolute Gasteiger partial charge is 0.246 e. The Balaban J connectivity index is 1.96. The number of phenolic OH excluding ortho intramolecular Hbond substituents is 1. The first-order valence-corrected chi connectivity index (χ1v) is 9.09. The number of halogens is 2. The number of phenols is 1. The number of likely N-dealkylation sites (tertiary alicyclic amines) is 1. The highest BCUT2D eigenvalue weighted by atomic mass is 79.9. The van der Waals surface area contributed by atoms with Gasteiger partial charge in [-0.25, -0.2) is 4.39 Å². The molecule has 1 aromatic carbocycles. The molecule has 6 nitrogen and oxygen atoms in total. The zero-order chi connectivity index (χ0) is 19.8. The van der Waals surface area contributed by atoms with Gasteiger partial charge in [0.25, 0.3) is 0 Å². The number of carbonyl (C=O) groups is 1. The summed E-state index contributed by atoms with van der Waals surface area (Å²) in [5.41, 5.74) is 11.9. The number of alkyl halides is 1. The Hall–Kier alpha value is -2.74. The van der Waals surface area contributed by atoms with Gasteiger partial charge in [0.05, 0.1) is 16.7 Å². The number of nitrogens with one attached hydrogen (secondary N) is 1. The summed E-state index contributed by atoms with van der Waals surface area (Å²) >= 11 is 3.40. The lowest BCUT2D eigenvalue weighted by molar-refractivity contribution is -0.125. The number of hydrogen-bond acceptors (Lipinski definition) is 4. The Labute approximate surface area is 164 Å². The lowest BCUT2D eigenvalue weighted by Gasteiger charge is -2.20. The van der Waals surface area contributed by atoms with Gasteiger partial charge in [-0.15, -0.1) is 0 Å². The Morgan fingerprint density at radius 2 is 2.15 bits per heavy atom. The van der Waals surface area contributed by atoms with Gasteiger partial charge in [0, 0.05) is 29.8 Å². The van der Waals surface area contributed by atoms with Crippen molar-refractivity contribution in [3.63, 3.8) is 0 Å². The van der Waals surface area contributed by atoms with Gasteiger partial charge >= 0.3 is 0 Å². The number of rotatable bonds is 4. The highest BCUT2D eigenvalue weighted by molar-refractivity contribution is 9.10. The number of nitrogen functional groups attached to an aromatic ring is 1. The van der Waals surface area contributed by atoms with Crippen LogP contribution in [0.2, 0.25) is 0 Å². The number of aromatic hydroxyl groups is 1. The number of amides is 1. The maximum Gasteiger partial charge on any atom is 0.246 e. The summed E-state index contributed by atoms with van der Waals surface area (Å²) < 4.78 is 16.0. The molecule has 1 fully saturated rings. The van der Waals surface area contributed by atoms with Gasteiger partial charge in [0.15, 0.2) is 5.67 Å². The minimum absolute atomic E-state index is 0.0352. The van der Waals surface area contributed by atoms with Crippen LogP contribution in [0.25, 0.3) is 11.8 Å². The van der Waals surface area contributed by atoms with Gasteiger partial charge < -0.3 is 26.5 Å². The van der Waals surface area contributed by atoms with E-state index in [-0.39, 0.29) is 48.4 Å². The Bertz CT molecular complexity index is 940. The lowest BCUT2D eigenvalue weighted by atomic mass is 10.0. The van der Waals surface area contributed by atoms with Crippen LogP contribution in [-0.2, 0) is 10.5 Å². The molecule has 1 aliphatic heterocycles. The van der Waals surface area contributed by atoms with Gasteiger partial charge in [-0.2, -0.15) is 0 Å². The number of nitrogens with zero attached hydrogens (tertiary/aromatic N) is 1. The summed E-state index contributed by atoms with van der Waals surface area (Å²) in [7, 11) is 0. The second-order valence-corrected chi connectivity index (χ2v) is 7.23. The Morgan fingerprint density at radius 1 is 1.44 bits per heavy atom. The standard InChI is InChI=1S/C19H20BrFN4O2/c1-2-15(27)25-8-7-19(21,10-25)17-16(20)12(18(23)24-17)9-13(22)11-5-3-4-6-14(11)26/h2-6,9,24,26H,1,7-8,10,22-23H2/b13-9-. The van der Waals surface area contributed by atoms with Crippen molar-refractivity contribution in [1.29, 1.82) is 0 Å². The summed E-state index contributed by atoms with van der Waals surface area (Å²) in [6.45, 7) is 3.64. The molecule has 1 amide bonds. The number of para-hydroxylation sites is 1. The maximum absolute atomic E-state index is 15.5. The molecule has 8 heteroatoms. The van der Waals surface area contributed by atoms with Crippen molar-refractivity contribution in [2.75, 3.05) is 18.8 Å². The van der Waals surface area contributed by atoms with E-state index in [1.54, 1.807) is 24.3 Å². The molecule has 1 atom stereocenters. The average Bonchev–Trinajstić information content (AvgIpc) is 3.17. The quantitative estimate of drug-likeness (QED) is 0.554. The number of hydrogen-bond donors (Lipinski definition) is 4. The SMILES string of the molecule is C=CC(=O)N1CCC(F)(c2[nH]c(N)c(/C=C(\N)c3ccccc3O)c2Br)C1. The van der Waals surface area contributed by atoms with Gasteiger partial charge in [-0.1, -0.05) is 18.7 Å². The number of aromatic amines is 1. The predicted octanol–water partition coefficient (Wildman–Crippen LogP) is 3.10. The molecule has 0 aliphatic carbocycles. The van der Waals surface area contributed by atoms with E-state index in [2.05, 4.69) is 27.5 Å². The van der Waals surface area contributed by atoms with E-state index in [9.17, 15) is 9.90 Å². The van der Waals surface area contributed by atoms with Crippen LogP contribution in [0.3, 0.4) is 0 Å². The molecule has 27 heavy (non-hydrogen) atoms. The van der Waals surface area contributed by atoms with Crippen LogP contribution in [0.4, 0.5) is 10.2 Å². The lowest BCUT2D eigenvalue weighted by Crippen LogP contribution is -2.31. The topological polar surface area (TPSA) is 108 Å². The van der Waals surface area contributed by atoms with Crippen molar-refractivity contribution in [2.45, 2.75) is 12.1 Å². The highest BCUT2D eigenvalue weighted by Gasteiger charge is 2.44. The number of carbonyl (C=O) groups excluding carboxylic acids is 1. The largest absolute Gasteiger partial charge is 0.507 e. The molecule has 2 heterocycles. The monoisotopic (exact) mass is 434 g/mol. The van der Waals surface area contributed by atoms with Crippen molar-refractivity contribution in [1.82, 2.24) is 9.88 Å². The predicted molar refractivity (Wildman–Crippen MR) is 107 cm³/mol. The molecule has 0 saturated carbocycles. The molecule has 6 N–H and O–H groups in total. The number of anilines is 1. The van der Waals surface area contributed by atoms with Crippen LogP contribution in [0.1, 0.15) is 23.2 Å². The summed E-state index contributed by atoms with van der Waals surface area (Å²) in [6, 6.07) is 6.63. The third-order valence-corrected chi connectivity index (χ3v) is 5.50. The first-order chi connectivity index (χ1) is 12.8. The van der Waals surface area contributed by atoms with E-state index in [0.29, 0.717) is 15.6 Å². The van der Waals surface area contributed by atoms with Crippen LogP contribution in [0.5, 0.6) is 5.75 Å². The molecule has 1 aliphatic rings. The van der Waals surface area contributed by atoms with Crippen LogP contribution in [0, 0.1) is 0 Å². The molecule has 0 bridgehead atoms. The van der Waals surface area contributed by atoms with Gasteiger partial charge in [0.2, 0.25) is 5.91 Å². The third-order valence-electron chi connectivity index (χ3n) is 4.67. The van der Waals surface area contributed by atoms with Crippen LogP contribution in [0.15, 0.2) is 41.4 Å². The molecular formula is C19H20BrFN4O2. The molecule has 1 unspecified atom stereocenters. The van der Waals surface area contributed by atoms with Crippen LogP contribution >= 0.6 is 15.9 Å². The average molecular weight is 435 g/mol. The molecular weight excluding hydrogens is 415 g/mol. The zero-order valence-electron chi connectivity index (χ0n) is 14.5. The summed E-state index contributed by atoms with van der Waals surface area (Å²) in [5, 5.41) is 9.94. The third kappa shape index (κ3) is 3.44. The Kier molecular flexibility index (Phi) is 5.01. The van der Waals surface area contributed by atoms with E-state index < -0.39 is 5.67 Å². The van der Waals surface area contributed by atoms with Crippen molar-refractivity contribution >= 4 is 39.4 Å². The molecule has 3 rings (SSSR count). The van der Waals surface area contributed by atoms with Crippen molar-refractivity contribution in [3.8, 4) is 5.75 Å².